The summed E-state index contributed by atoms with van der Waals surface area (Å²) >= 11 is 0. The minimum atomic E-state index is -6.70. The van der Waals surface area contributed by atoms with E-state index in [1.54, 1.807) is 13.8 Å². The van der Waals surface area contributed by atoms with Gasteiger partial charge in [-0.25, -0.2) is 4.79 Å². The molecule has 6 nitrogen and oxygen atoms in total. The summed E-state index contributed by atoms with van der Waals surface area (Å²) in [5.41, 5.74) is 0. The van der Waals surface area contributed by atoms with Gasteiger partial charge in [-0.2, -0.15) is 30.7 Å². The third-order valence-corrected chi connectivity index (χ3v) is 3.41. The molecule has 170 valence electrons. The maximum Gasteiger partial charge on any atom is 0.460 e. The molecule has 13 heteroatoms. The number of carbonyl (C=O) groups excluding carboxylic acids is 3. The Morgan fingerprint density at radius 2 is 1.41 bits per heavy atom. The van der Waals surface area contributed by atoms with Gasteiger partial charge < -0.3 is 14.8 Å². The van der Waals surface area contributed by atoms with E-state index in [9.17, 15) is 45.1 Å². The predicted molar refractivity (Wildman–Crippen MR) is 84.2 cm³/mol. The first-order valence-corrected chi connectivity index (χ1v) is 8.67. The Morgan fingerprint density at radius 3 is 1.90 bits per heavy atom. The van der Waals surface area contributed by atoms with E-state index in [-0.39, 0.29) is 32.5 Å². The van der Waals surface area contributed by atoms with E-state index in [0.29, 0.717) is 6.42 Å². The van der Waals surface area contributed by atoms with E-state index in [4.69, 9.17) is 4.74 Å². The van der Waals surface area contributed by atoms with Gasteiger partial charge in [0.2, 0.25) is 0 Å². The Balaban J connectivity index is 5.21. The highest BCUT2D eigenvalue weighted by molar-refractivity contribution is 5.89. The maximum absolute atomic E-state index is 13.4. The van der Waals surface area contributed by atoms with Crippen LogP contribution in [0.25, 0.3) is 0 Å². The molecule has 0 aliphatic rings. The van der Waals surface area contributed by atoms with Crippen LogP contribution < -0.4 is 5.32 Å². The Morgan fingerprint density at radius 1 is 0.897 bits per heavy atom. The molecule has 0 rings (SSSR count). The molecule has 1 unspecified atom stereocenters. The molecule has 0 aliphatic carbocycles. The molecule has 1 atom stereocenters. The van der Waals surface area contributed by atoms with Crippen molar-refractivity contribution in [2.75, 3.05) is 13.2 Å². The minimum absolute atomic E-state index is 0.107. The van der Waals surface area contributed by atoms with Crippen molar-refractivity contribution in [2.24, 2.45) is 0 Å². The van der Waals surface area contributed by atoms with Gasteiger partial charge in [0.25, 0.3) is 5.91 Å². The van der Waals surface area contributed by atoms with Crippen molar-refractivity contribution in [1.29, 1.82) is 0 Å². The molecular weight excluding hydrogens is 419 g/mol. The fraction of sp³-hybridized carbons (Fsp3) is 0.812. The summed E-state index contributed by atoms with van der Waals surface area (Å²) < 4.78 is 98.8. The van der Waals surface area contributed by atoms with Crippen molar-refractivity contribution in [1.82, 2.24) is 5.32 Å². The zero-order valence-corrected chi connectivity index (χ0v) is 15.7. The van der Waals surface area contributed by atoms with Crippen LogP contribution in [-0.4, -0.2) is 55.1 Å². The predicted octanol–water partition coefficient (Wildman–Crippen LogP) is 3.38. The van der Waals surface area contributed by atoms with Crippen LogP contribution in [0.1, 0.15) is 46.0 Å². The van der Waals surface area contributed by atoms with Gasteiger partial charge in [0.05, 0.1) is 13.2 Å². The second kappa shape index (κ2) is 11.2. The SMILES string of the molecule is CCCOC(=O)CCCC(NC(=O)C(F)(F)C(F)(F)C(F)(F)F)C(=O)OCCC. The summed E-state index contributed by atoms with van der Waals surface area (Å²) in [5, 5.41) is 1.17. The highest BCUT2D eigenvalue weighted by Crippen LogP contribution is 2.46. The third kappa shape index (κ3) is 7.69. The van der Waals surface area contributed by atoms with E-state index in [1.165, 1.54) is 5.32 Å². The summed E-state index contributed by atoms with van der Waals surface area (Å²) in [6.45, 7) is 3.19. The van der Waals surface area contributed by atoms with Gasteiger partial charge in [-0.1, -0.05) is 13.8 Å². The van der Waals surface area contributed by atoms with Gasteiger partial charge in [-0.3, -0.25) is 9.59 Å². The van der Waals surface area contributed by atoms with Crippen LogP contribution in [0.3, 0.4) is 0 Å². The highest BCUT2D eigenvalue weighted by atomic mass is 19.4. The first kappa shape index (κ1) is 26.9. The quantitative estimate of drug-likeness (QED) is 0.371. The number of ether oxygens (including phenoxy) is 2. The van der Waals surface area contributed by atoms with Gasteiger partial charge >= 0.3 is 30.0 Å². The number of halogens is 7. The van der Waals surface area contributed by atoms with Crippen molar-refractivity contribution in [2.45, 2.75) is 70.0 Å². The van der Waals surface area contributed by atoms with Crippen LogP contribution >= 0.6 is 0 Å². The van der Waals surface area contributed by atoms with E-state index < -0.39 is 48.3 Å². The fourth-order valence-electron chi connectivity index (χ4n) is 1.86. The lowest BCUT2D eigenvalue weighted by Gasteiger charge is -2.28. The lowest BCUT2D eigenvalue weighted by Crippen LogP contribution is -2.61. The molecule has 0 spiro atoms. The number of alkyl halides is 7. The van der Waals surface area contributed by atoms with Gasteiger partial charge in [-0.15, -0.1) is 0 Å². The number of rotatable bonds is 12. The monoisotopic (exact) mass is 441 g/mol. The zero-order valence-electron chi connectivity index (χ0n) is 15.7. The van der Waals surface area contributed by atoms with E-state index in [1.807, 2.05) is 0 Å². The zero-order chi connectivity index (χ0) is 22.9. The van der Waals surface area contributed by atoms with Crippen LogP contribution in [0.15, 0.2) is 0 Å². The Kier molecular flexibility index (Phi) is 10.4. The molecule has 0 aromatic carbocycles. The van der Waals surface area contributed by atoms with Crippen LogP contribution in [0.5, 0.6) is 0 Å². The van der Waals surface area contributed by atoms with Gasteiger partial charge in [0.1, 0.15) is 6.04 Å². The van der Waals surface area contributed by atoms with Gasteiger partial charge in [-0.05, 0) is 25.7 Å². The van der Waals surface area contributed by atoms with Gasteiger partial charge in [0, 0.05) is 6.42 Å². The van der Waals surface area contributed by atoms with Crippen molar-refractivity contribution in [3.8, 4) is 0 Å². The molecule has 0 radical (unpaired) electrons. The summed E-state index contributed by atoms with van der Waals surface area (Å²) in [7, 11) is 0. The average Bonchev–Trinajstić information content (AvgIpc) is 2.62. The Bertz CT molecular complexity index is 566. The highest BCUT2D eigenvalue weighted by Gasteiger charge is 2.76. The normalized spacial score (nSPS) is 13.6. The number of hydrogen-bond acceptors (Lipinski definition) is 5. The largest absolute Gasteiger partial charge is 0.466 e. The molecule has 0 bridgehead atoms. The summed E-state index contributed by atoms with van der Waals surface area (Å²) in [6.07, 6.45) is -6.93. The summed E-state index contributed by atoms with van der Waals surface area (Å²) in [4.78, 5) is 34.7. The van der Waals surface area contributed by atoms with E-state index >= 15 is 0 Å². The van der Waals surface area contributed by atoms with Crippen molar-refractivity contribution >= 4 is 17.8 Å². The smallest absolute Gasteiger partial charge is 0.460 e. The molecule has 0 saturated heterocycles. The lowest BCUT2D eigenvalue weighted by atomic mass is 10.1. The topological polar surface area (TPSA) is 81.7 Å². The van der Waals surface area contributed by atoms with Gasteiger partial charge in [0.15, 0.2) is 0 Å². The number of amides is 1. The maximum atomic E-state index is 13.4. The molecular formula is C16H22F7NO5. The minimum Gasteiger partial charge on any atom is -0.466 e. The molecule has 0 saturated carbocycles. The molecule has 0 aromatic heterocycles. The molecule has 0 heterocycles. The third-order valence-electron chi connectivity index (χ3n) is 3.41. The first-order chi connectivity index (χ1) is 13.2. The van der Waals surface area contributed by atoms with E-state index in [2.05, 4.69) is 4.74 Å². The van der Waals surface area contributed by atoms with Crippen LogP contribution in [0.2, 0.25) is 0 Å². The van der Waals surface area contributed by atoms with Crippen LogP contribution in [-0.2, 0) is 23.9 Å². The average molecular weight is 441 g/mol. The lowest BCUT2D eigenvalue weighted by molar-refractivity contribution is -0.344. The number of hydrogen-bond donors (Lipinski definition) is 1. The van der Waals surface area contributed by atoms with Crippen LogP contribution in [0.4, 0.5) is 30.7 Å². The summed E-state index contributed by atoms with van der Waals surface area (Å²) in [5.74, 6) is -17.8. The fourth-order valence-corrected chi connectivity index (χ4v) is 1.86. The van der Waals surface area contributed by atoms with E-state index in [0.717, 1.165) is 0 Å². The number of nitrogens with one attached hydrogen (secondary N) is 1. The molecule has 1 amide bonds. The van der Waals surface area contributed by atoms with Crippen molar-refractivity contribution < 1.29 is 54.6 Å². The Hall–Kier alpha value is -2.08. The molecule has 0 aromatic rings. The second-order valence-electron chi connectivity index (χ2n) is 5.95. The number of esters is 2. The van der Waals surface area contributed by atoms with Crippen LogP contribution in [0, 0.1) is 0 Å². The Labute approximate surface area is 162 Å². The molecule has 0 aliphatic heterocycles. The standard InChI is InChI=1S/C16H22F7NO5/c1-3-8-28-11(25)7-5-6-10(12(26)29-9-4-2)24-13(27)14(17,18)15(19,20)16(21,22)23/h10H,3-9H2,1-2H3,(H,24,27). The van der Waals surface area contributed by atoms with Crippen molar-refractivity contribution in [3.05, 3.63) is 0 Å². The molecule has 0 fully saturated rings. The first-order valence-electron chi connectivity index (χ1n) is 8.67. The summed E-state index contributed by atoms with van der Waals surface area (Å²) in [6, 6.07) is -1.96. The second-order valence-corrected chi connectivity index (χ2v) is 5.95. The van der Waals surface area contributed by atoms with Crippen molar-refractivity contribution in [3.63, 3.8) is 0 Å². The molecule has 1 N–H and O–H groups in total. The number of carbonyl (C=O) groups is 3. The molecule has 29 heavy (non-hydrogen) atoms.